The second-order valence-electron chi connectivity index (χ2n) is 4.73. The number of Topliss-reactive ketones (excluding diaryl/α,β-unsaturated/α-hetero) is 1. The third kappa shape index (κ3) is 6.22. The van der Waals surface area contributed by atoms with Crippen LogP contribution in [0.1, 0.15) is 51.7 Å². The Labute approximate surface area is 122 Å². The fourth-order valence-electron chi connectivity index (χ4n) is 1.86. The highest BCUT2D eigenvalue weighted by atomic mass is 35.5. The molecule has 2 nitrogen and oxygen atoms in total. The Morgan fingerprint density at radius 3 is 2.32 bits per heavy atom. The Morgan fingerprint density at radius 1 is 1.32 bits per heavy atom. The largest absolute Gasteiger partial charge is 0.313 e. The summed E-state index contributed by atoms with van der Waals surface area (Å²) in [5.74, 6) is 0.0956. The maximum atomic E-state index is 11.7. The molecule has 0 saturated carbocycles. The molecule has 0 aromatic heterocycles. The highest BCUT2D eigenvalue weighted by Gasteiger charge is 2.18. The van der Waals surface area contributed by atoms with Crippen molar-refractivity contribution in [2.45, 2.75) is 53.5 Å². The van der Waals surface area contributed by atoms with Crippen molar-refractivity contribution in [3.05, 3.63) is 34.3 Å². The third-order valence-corrected chi connectivity index (χ3v) is 3.06. The Kier molecular flexibility index (Phi) is 8.70. The maximum Gasteiger partial charge on any atom is 0.138 e. The molecule has 19 heavy (non-hydrogen) atoms. The molecule has 1 aromatic rings. The molecule has 1 unspecified atom stereocenters. The van der Waals surface area contributed by atoms with E-state index in [4.69, 9.17) is 11.6 Å². The molecular weight excluding hydrogens is 258 g/mol. The van der Waals surface area contributed by atoms with Crippen LogP contribution in [0.3, 0.4) is 0 Å². The van der Waals surface area contributed by atoms with Crippen molar-refractivity contribution >= 4 is 17.4 Å². The molecule has 0 bridgehead atoms. The molecule has 108 valence electrons. The van der Waals surface area contributed by atoms with Gasteiger partial charge in [0.05, 0.1) is 5.92 Å². The predicted octanol–water partition coefficient (Wildman–Crippen LogP) is 4.35. The Morgan fingerprint density at radius 2 is 1.89 bits per heavy atom. The predicted molar refractivity (Wildman–Crippen MR) is 84.1 cm³/mol. The van der Waals surface area contributed by atoms with Gasteiger partial charge in [0.1, 0.15) is 5.78 Å². The van der Waals surface area contributed by atoms with Crippen LogP contribution in [0.2, 0.25) is 5.02 Å². The summed E-state index contributed by atoms with van der Waals surface area (Å²) < 4.78 is 0. The molecule has 0 amide bonds. The van der Waals surface area contributed by atoms with Crippen LogP contribution in [-0.2, 0) is 4.79 Å². The van der Waals surface area contributed by atoms with E-state index < -0.39 is 0 Å². The van der Waals surface area contributed by atoms with Crippen LogP contribution < -0.4 is 5.32 Å². The first-order valence-electron chi connectivity index (χ1n) is 6.91. The van der Waals surface area contributed by atoms with Crippen molar-refractivity contribution in [3.63, 3.8) is 0 Å². The average molecular weight is 284 g/mol. The van der Waals surface area contributed by atoms with Gasteiger partial charge in [-0.1, -0.05) is 45.4 Å². The number of hydrogen-bond donors (Lipinski definition) is 1. The van der Waals surface area contributed by atoms with Gasteiger partial charge < -0.3 is 5.32 Å². The van der Waals surface area contributed by atoms with Crippen LogP contribution in [0, 0.1) is 6.92 Å². The van der Waals surface area contributed by atoms with Gasteiger partial charge in [0.15, 0.2) is 0 Å². The molecule has 1 rings (SSSR count). The first-order chi connectivity index (χ1) is 8.91. The topological polar surface area (TPSA) is 29.1 Å². The molecule has 0 aliphatic heterocycles. The van der Waals surface area contributed by atoms with Crippen molar-refractivity contribution < 1.29 is 4.79 Å². The highest BCUT2D eigenvalue weighted by Crippen LogP contribution is 2.23. The van der Waals surface area contributed by atoms with E-state index in [0.29, 0.717) is 17.6 Å². The summed E-state index contributed by atoms with van der Waals surface area (Å²) in [6.07, 6.45) is 0. The highest BCUT2D eigenvalue weighted by molar-refractivity contribution is 6.30. The monoisotopic (exact) mass is 283 g/mol. The third-order valence-electron chi connectivity index (χ3n) is 2.83. The second kappa shape index (κ2) is 9.11. The number of carbonyl (C=O) groups is 1. The molecule has 1 aromatic carbocycles. The Bertz CT molecular complexity index is 402. The lowest BCUT2D eigenvalue weighted by molar-refractivity contribution is -0.118. The van der Waals surface area contributed by atoms with Gasteiger partial charge in [-0.2, -0.15) is 0 Å². The van der Waals surface area contributed by atoms with Crippen molar-refractivity contribution in [2.75, 3.05) is 6.54 Å². The fraction of sp³-hybridized carbons (Fsp3) is 0.562. The van der Waals surface area contributed by atoms with Crippen LogP contribution in [-0.4, -0.2) is 18.4 Å². The molecule has 0 saturated heterocycles. The van der Waals surface area contributed by atoms with E-state index in [-0.39, 0.29) is 11.7 Å². The van der Waals surface area contributed by atoms with Gasteiger partial charge in [0.25, 0.3) is 0 Å². The van der Waals surface area contributed by atoms with Crippen molar-refractivity contribution in [3.8, 4) is 0 Å². The molecule has 3 heteroatoms. The number of rotatable bonds is 5. The first-order valence-corrected chi connectivity index (χ1v) is 7.29. The van der Waals surface area contributed by atoms with Gasteiger partial charge in [-0.3, -0.25) is 4.79 Å². The lowest BCUT2D eigenvalue weighted by atomic mass is 9.91. The lowest BCUT2D eigenvalue weighted by Gasteiger charge is -2.19. The molecule has 1 N–H and O–H groups in total. The van der Waals surface area contributed by atoms with Crippen molar-refractivity contribution in [2.24, 2.45) is 0 Å². The van der Waals surface area contributed by atoms with E-state index in [1.807, 2.05) is 39.0 Å². The summed E-state index contributed by atoms with van der Waals surface area (Å²) in [5, 5.41) is 4.03. The molecule has 0 spiro atoms. The van der Waals surface area contributed by atoms with Crippen LogP contribution >= 0.6 is 11.6 Å². The van der Waals surface area contributed by atoms with Crippen molar-refractivity contribution in [1.29, 1.82) is 0 Å². The molecule has 0 heterocycles. The van der Waals surface area contributed by atoms with Crippen LogP contribution in [0.25, 0.3) is 0 Å². The molecule has 0 radical (unpaired) electrons. The number of benzene rings is 1. The molecule has 1 atom stereocenters. The summed E-state index contributed by atoms with van der Waals surface area (Å²) >= 11 is 5.93. The maximum absolute atomic E-state index is 11.7. The van der Waals surface area contributed by atoms with Gasteiger partial charge >= 0.3 is 0 Å². The number of halogens is 1. The Balaban J connectivity index is 0.00000154. The normalized spacial score (nSPS) is 11.8. The quantitative estimate of drug-likeness (QED) is 0.871. The number of nitrogens with one attached hydrogen (secondary N) is 1. The summed E-state index contributed by atoms with van der Waals surface area (Å²) in [5.41, 5.74) is 2.14. The number of ketones is 1. The lowest BCUT2D eigenvalue weighted by Crippen LogP contribution is -2.31. The van der Waals surface area contributed by atoms with Crippen LogP contribution in [0.4, 0.5) is 0 Å². The van der Waals surface area contributed by atoms with E-state index in [2.05, 4.69) is 19.2 Å². The summed E-state index contributed by atoms with van der Waals surface area (Å²) in [6, 6.07) is 6.08. The van der Waals surface area contributed by atoms with E-state index in [1.54, 1.807) is 6.92 Å². The van der Waals surface area contributed by atoms with Crippen LogP contribution in [0.15, 0.2) is 18.2 Å². The minimum atomic E-state index is -0.0883. The van der Waals surface area contributed by atoms with Gasteiger partial charge in [0.2, 0.25) is 0 Å². The van der Waals surface area contributed by atoms with Crippen molar-refractivity contribution in [1.82, 2.24) is 5.32 Å². The SMILES string of the molecule is CC.CC(=O)C(CNC(C)C)c1ccc(Cl)cc1C. The smallest absolute Gasteiger partial charge is 0.138 e. The summed E-state index contributed by atoms with van der Waals surface area (Å²) in [6.45, 7) is 12.5. The summed E-state index contributed by atoms with van der Waals surface area (Å²) in [4.78, 5) is 11.7. The Hall–Kier alpha value is -0.860. The first kappa shape index (κ1) is 18.1. The number of aryl methyl sites for hydroxylation is 1. The van der Waals surface area contributed by atoms with Gasteiger partial charge in [0, 0.05) is 17.6 Å². The molecule has 0 aliphatic rings. The molecular formula is C16H26ClNO. The average Bonchev–Trinajstić information content (AvgIpc) is 2.33. The zero-order valence-corrected chi connectivity index (χ0v) is 13.6. The minimum Gasteiger partial charge on any atom is -0.313 e. The van der Waals surface area contributed by atoms with Crippen LogP contribution in [0.5, 0.6) is 0 Å². The minimum absolute atomic E-state index is 0.0883. The standard InChI is InChI=1S/C14H20ClNO.C2H6/c1-9(2)16-8-14(11(4)17)13-6-5-12(15)7-10(13)3;1-2/h5-7,9,14,16H,8H2,1-4H3;1-2H3. The molecule has 0 aliphatic carbocycles. The molecule has 0 fully saturated rings. The van der Waals surface area contributed by atoms with E-state index in [0.717, 1.165) is 11.1 Å². The second-order valence-corrected chi connectivity index (χ2v) is 5.16. The zero-order valence-electron chi connectivity index (χ0n) is 12.9. The number of carbonyl (C=O) groups excluding carboxylic acids is 1. The van der Waals surface area contributed by atoms with Gasteiger partial charge in [-0.25, -0.2) is 0 Å². The summed E-state index contributed by atoms with van der Waals surface area (Å²) in [7, 11) is 0. The van der Waals surface area contributed by atoms with E-state index in [9.17, 15) is 4.79 Å². The van der Waals surface area contributed by atoms with E-state index in [1.165, 1.54) is 0 Å². The van der Waals surface area contributed by atoms with Gasteiger partial charge in [-0.15, -0.1) is 0 Å². The fourth-order valence-corrected chi connectivity index (χ4v) is 2.08. The van der Waals surface area contributed by atoms with Gasteiger partial charge in [-0.05, 0) is 37.1 Å². The zero-order chi connectivity index (χ0) is 15.0. The van der Waals surface area contributed by atoms with E-state index >= 15 is 0 Å². The number of hydrogen-bond acceptors (Lipinski definition) is 2.